The lowest BCUT2D eigenvalue weighted by Crippen LogP contribution is -2.33. The number of anilines is 1. The maximum Gasteiger partial charge on any atom is 0.230 e. The Morgan fingerprint density at radius 2 is 1.87 bits per heavy atom. The summed E-state index contributed by atoms with van der Waals surface area (Å²) < 4.78 is 5.28. The molecular weight excluding hydrogens is 390 g/mol. The van der Waals surface area contributed by atoms with Crippen LogP contribution in [0.4, 0.5) is 5.69 Å². The Kier molecular flexibility index (Phi) is 7.69. The van der Waals surface area contributed by atoms with Crippen LogP contribution in [0.3, 0.4) is 0 Å². The Hall–Kier alpha value is -2.86. The van der Waals surface area contributed by atoms with Gasteiger partial charge in [0.25, 0.3) is 0 Å². The highest BCUT2D eigenvalue weighted by atomic mass is 16.5. The number of carbonyl (C=O) groups is 2. The van der Waals surface area contributed by atoms with E-state index in [1.807, 2.05) is 67.5 Å². The minimum Gasteiger partial charge on any atom is -0.497 e. The Balaban J connectivity index is 1.88. The molecule has 2 atom stereocenters. The standard InChI is InChI=1S/C25H33N3O3/c1-5-6-15-28-23(29)16-21(24(28)18-11-13-20(31-4)14-12-18)25(30)26-22-10-8-7-9-19(22)17-27(2)3/h7-14,21,24H,5-6,15-17H2,1-4H3,(H,26,30). The smallest absolute Gasteiger partial charge is 0.230 e. The third kappa shape index (κ3) is 5.44. The van der Waals surface area contributed by atoms with Crippen LogP contribution in [0.2, 0.25) is 0 Å². The molecule has 1 saturated heterocycles. The summed E-state index contributed by atoms with van der Waals surface area (Å²) in [5, 5.41) is 3.11. The molecule has 31 heavy (non-hydrogen) atoms. The summed E-state index contributed by atoms with van der Waals surface area (Å²) in [6.07, 6.45) is 2.13. The molecule has 2 unspecified atom stereocenters. The molecule has 2 amide bonds. The number of methoxy groups -OCH3 is 1. The van der Waals surface area contributed by atoms with E-state index in [0.717, 1.165) is 42.0 Å². The SMILES string of the molecule is CCCCN1C(=O)CC(C(=O)Nc2ccccc2CN(C)C)C1c1ccc(OC)cc1. The van der Waals surface area contributed by atoms with Gasteiger partial charge in [0.1, 0.15) is 5.75 Å². The summed E-state index contributed by atoms with van der Waals surface area (Å²) in [5.74, 6) is 0.243. The third-order valence-corrected chi connectivity index (χ3v) is 5.74. The van der Waals surface area contributed by atoms with Crippen LogP contribution in [0, 0.1) is 5.92 Å². The lowest BCUT2D eigenvalue weighted by molar-refractivity contribution is -0.129. The number of nitrogens with zero attached hydrogens (tertiary/aromatic N) is 2. The quantitative estimate of drug-likeness (QED) is 0.660. The molecule has 1 fully saturated rings. The van der Waals surface area contributed by atoms with Gasteiger partial charge < -0.3 is 19.9 Å². The number of likely N-dealkylation sites (tertiary alicyclic amines) is 1. The van der Waals surface area contributed by atoms with Crippen molar-refractivity contribution in [3.63, 3.8) is 0 Å². The van der Waals surface area contributed by atoms with E-state index < -0.39 is 5.92 Å². The molecule has 6 nitrogen and oxygen atoms in total. The molecule has 166 valence electrons. The van der Waals surface area contributed by atoms with E-state index in [1.54, 1.807) is 7.11 Å². The Bertz CT molecular complexity index is 895. The van der Waals surface area contributed by atoms with Crippen LogP contribution >= 0.6 is 0 Å². The van der Waals surface area contributed by atoms with Crippen LogP contribution in [0.1, 0.15) is 43.4 Å². The average molecular weight is 424 g/mol. The Morgan fingerprint density at radius 1 is 1.16 bits per heavy atom. The first-order valence-corrected chi connectivity index (χ1v) is 10.9. The van der Waals surface area contributed by atoms with Gasteiger partial charge >= 0.3 is 0 Å². The number of amides is 2. The van der Waals surface area contributed by atoms with E-state index >= 15 is 0 Å². The summed E-state index contributed by atoms with van der Waals surface area (Å²) in [5.41, 5.74) is 2.81. The fraction of sp³-hybridized carbons (Fsp3) is 0.440. The Morgan fingerprint density at radius 3 is 2.52 bits per heavy atom. The van der Waals surface area contributed by atoms with Gasteiger partial charge in [-0.25, -0.2) is 0 Å². The van der Waals surface area contributed by atoms with Crippen molar-refractivity contribution in [2.75, 3.05) is 33.1 Å². The number of hydrogen-bond donors (Lipinski definition) is 1. The van der Waals surface area contributed by atoms with Gasteiger partial charge in [-0.3, -0.25) is 9.59 Å². The molecule has 1 aliphatic rings. The molecule has 3 rings (SSSR count). The molecule has 1 aliphatic heterocycles. The molecule has 2 aromatic rings. The molecule has 0 aliphatic carbocycles. The van der Waals surface area contributed by atoms with E-state index in [-0.39, 0.29) is 24.3 Å². The van der Waals surface area contributed by atoms with Crippen LogP contribution in [-0.2, 0) is 16.1 Å². The normalized spacial score (nSPS) is 18.5. The zero-order valence-corrected chi connectivity index (χ0v) is 18.9. The highest BCUT2D eigenvalue weighted by Gasteiger charge is 2.44. The molecule has 2 aromatic carbocycles. The van der Waals surface area contributed by atoms with Gasteiger partial charge in [-0.2, -0.15) is 0 Å². The second kappa shape index (κ2) is 10.4. The molecule has 0 aromatic heterocycles. The molecule has 0 bridgehead atoms. The van der Waals surface area contributed by atoms with Crippen LogP contribution in [-0.4, -0.2) is 49.4 Å². The third-order valence-electron chi connectivity index (χ3n) is 5.74. The number of para-hydroxylation sites is 1. The number of carbonyl (C=O) groups excluding carboxylic acids is 2. The van der Waals surface area contributed by atoms with Gasteiger partial charge in [0, 0.05) is 25.2 Å². The highest BCUT2D eigenvalue weighted by molar-refractivity contribution is 5.98. The van der Waals surface area contributed by atoms with Crippen molar-refractivity contribution in [2.45, 2.75) is 38.8 Å². The van der Waals surface area contributed by atoms with Gasteiger partial charge in [-0.05, 0) is 49.8 Å². The van der Waals surface area contributed by atoms with Crippen molar-refractivity contribution in [2.24, 2.45) is 5.92 Å². The second-order valence-electron chi connectivity index (χ2n) is 8.35. The minimum absolute atomic E-state index is 0.0380. The first-order valence-electron chi connectivity index (χ1n) is 10.9. The summed E-state index contributed by atoms with van der Waals surface area (Å²) in [6.45, 7) is 3.49. The molecule has 0 radical (unpaired) electrons. The van der Waals surface area contributed by atoms with E-state index in [9.17, 15) is 9.59 Å². The number of benzene rings is 2. The van der Waals surface area contributed by atoms with Crippen molar-refractivity contribution in [1.82, 2.24) is 9.80 Å². The van der Waals surface area contributed by atoms with Crippen LogP contribution in [0.25, 0.3) is 0 Å². The fourth-order valence-electron chi connectivity index (χ4n) is 4.18. The monoisotopic (exact) mass is 423 g/mol. The van der Waals surface area contributed by atoms with Crippen molar-refractivity contribution in [3.8, 4) is 5.75 Å². The number of ether oxygens (including phenoxy) is 1. The average Bonchev–Trinajstić information content (AvgIpc) is 3.09. The van der Waals surface area contributed by atoms with Gasteiger partial charge in [-0.15, -0.1) is 0 Å². The predicted octanol–water partition coefficient (Wildman–Crippen LogP) is 4.09. The van der Waals surface area contributed by atoms with Crippen molar-refractivity contribution in [3.05, 3.63) is 59.7 Å². The Labute approximate surface area is 185 Å². The largest absolute Gasteiger partial charge is 0.497 e. The van der Waals surface area contributed by atoms with Crippen molar-refractivity contribution >= 4 is 17.5 Å². The maximum atomic E-state index is 13.4. The minimum atomic E-state index is -0.440. The van der Waals surface area contributed by atoms with Crippen molar-refractivity contribution < 1.29 is 14.3 Å². The lowest BCUT2D eigenvalue weighted by atomic mass is 9.92. The zero-order chi connectivity index (χ0) is 22.4. The predicted molar refractivity (Wildman–Crippen MR) is 123 cm³/mol. The molecule has 0 saturated carbocycles. The van der Waals surface area contributed by atoms with E-state index in [2.05, 4.69) is 17.1 Å². The van der Waals surface area contributed by atoms with E-state index in [1.165, 1.54) is 0 Å². The van der Waals surface area contributed by atoms with Gasteiger partial charge in [0.2, 0.25) is 11.8 Å². The zero-order valence-electron chi connectivity index (χ0n) is 18.9. The second-order valence-corrected chi connectivity index (χ2v) is 8.35. The maximum absolute atomic E-state index is 13.4. The molecule has 0 spiro atoms. The lowest BCUT2D eigenvalue weighted by Gasteiger charge is -2.28. The fourth-order valence-corrected chi connectivity index (χ4v) is 4.18. The van der Waals surface area contributed by atoms with E-state index in [0.29, 0.717) is 6.54 Å². The van der Waals surface area contributed by atoms with Gasteiger partial charge in [-0.1, -0.05) is 43.7 Å². The number of nitrogens with one attached hydrogen (secondary N) is 1. The first kappa shape index (κ1) is 22.8. The van der Waals surface area contributed by atoms with Gasteiger partial charge in [0.05, 0.1) is 19.1 Å². The number of hydrogen-bond acceptors (Lipinski definition) is 4. The van der Waals surface area contributed by atoms with Crippen molar-refractivity contribution in [1.29, 1.82) is 0 Å². The summed E-state index contributed by atoms with van der Waals surface area (Å²) in [7, 11) is 5.63. The summed E-state index contributed by atoms with van der Waals surface area (Å²) in [4.78, 5) is 30.2. The molecular formula is C25H33N3O3. The molecule has 6 heteroatoms. The summed E-state index contributed by atoms with van der Waals surface area (Å²) >= 11 is 0. The summed E-state index contributed by atoms with van der Waals surface area (Å²) in [6, 6.07) is 15.3. The first-order chi connectivity index (χ1) is 14.9. The number of unbranched alkanes of at least 4 members (excludes halogenated alkanes) is 1. The number of rotatable bonds is 9. The topological polar surface area (TPSA) is 61.9 Å². The van der Waals surface area contributed by atoms with Crippen LogP contribution in [0.5, 0.6) is 5.75 Å². The van der Waals surface area contributed by atoms with E-state index in [4.69, 9.17) is 4.74 Å². The van der Waals surface area contributed by atoms with Crippen LogP contribution in [0.15, 0.2) is 48.5 Å². The van der Waals surface area contributed by atoms with Crippen LogP contribution < -0.4 is 10.1 Å². The highest BCUT2D eigenvalue weighted by Crippen LogP contribution is 2.39. The molecule has 1 N–H and O–H groups in total. The van der Waals surface area contributed by atoms with Gasteiger partial charge in [0.15, 0.2) is 0 Å². The molecule has 1 heterocycles.